The van der Waals surface area contributed by atoms with Crippen molar-refractivity contribution in [2.75, 3.05) is 13.1 Å². The number of benzene rings is 1. The zero-order valence-corrected chi connectivity index (χ0v) is 11.8. The molecule has 1 heterocycles. The summed E-state index contributed by atoms with van der Waals surface area (Å²) in [6.07, 6.45) is 1.71. The van der Waals surface area contributed by atoms with Crippen LogP contribution in [0.5, 0.6) is 0 Å². The standard InChI is InChI=1S/C15H20ClNO/c1-11-7-12(2)10-17(9-11)15(18)8-13-3-5-14(16)6-4-13/h3-6,11-12H,7-10H2,1-2H3. The van der Waals surface area contributed by atoms with Crippen LogP contribution in [-0.2, 0) is 11.2 Å². The molecule has 1 aromatic rings. The normalized spacial score (nSPS) is 24.1. The van der Waals surface area contributed by atoms with Gasteiger partial charge in [0, 0.05) is 18.1 Å². The van der Waals surface area contributed by atoms with Crippen LogP contribution in [0.4, 0.5) is 0 Å². The van der Waals surface area contributed by atoms with Gasteiger partial charge in [0.25, 0.3) is 0 Å². The molecule has 1 aliphatic heterocycles. The van der Waals surface area contributed by atoms with Crippen molar-refractivity contribution in [3.63, 3.8) is 0 Å². The van der Waals surface area contributed by atoms with E-state index >= 15 is 0 Å². The molecule has 3 heteroatoms. The molecule has 1 aliphatic rings. The van der Waals surface area contributed by atoms with Crippen LogP contribution in [0.25, 0.3) is 0 Å². The van der Waals surface area contributed by atoms with Crippen LogP contribution in [0.15, 0.2) is 24.3 Å². The third kappa shape index (κ3) is 3.49. The van der Waals surface area contributed by atoms with Crippen molar-refractivity contribution in [2.24, 2.45) is 11.8 Å². The van der Waals surface area contributed by atoms with Gasteiger partial charge in [0.15, 0.2) is 0 Å². The van der Waals surface area contributed by atoms with Crippen LogP contribution in [0, 0.1) is 11.8 Å². The number of amides is 1. The maximum atomic E-state index is 12.2. The van der Waals surface area contributed by atoms with Gasteiger partial charge in [-0.1, -0.05) is 37.6 Å². The molecule has 1 amide bonds. The van der Waals surface area contributed by atoms with Gasteiger partial charge in [-0.25, -0.2) is 0 Å². The van der Waals surface area contributed by atoms with E-state index in [9.17, 15) is 4.79 Å². The number of halogens is 1. The Morgan fingerprint density at radius 2 is 1.78 bits per heavy atom. The molecule has 1 aromatic carbocycles. The van der Waals surface area contributed by atoms with Gasteiger partial charge in [0.05, 0.1) is 6.42 Å². The summed E-state index contributed by atoms with van der Waals surface area (Å²) in [6.45, 7) is 6.24. The monoisotopic (exact) mass is 265 g/mol. The summed E-state index contributed by atoms with van der Waals surface area (Å²) >= 11 is 5.84. The second-order valence-electron chi connectivity index (χ2n) is 5.55. The third-order valence-electron chi connectivity index (χ3n) is 3.49. The highest BCUT2D eigenvalue weighted by Crippen LogP contribution is 2.21. The minimum atomic E-state index is 0.232. The lowest BCUT2D eigenvalue weighted by molar-refractivity contribution is -0.133. The van der Waals surface area contributed by atoms with Crippen molar-refractivity contribution < 1.29 is 4.79 Å². The van der Waals surface area contributed by atoms with Gasteiger partial charge in [-0.2, -0.15) is 0 Å². The molecule has 98 valence electrons. The summed E-state index contributed by atoms with van der Waals surface area (Å²) < 4.78 is 0. The first kappa shape index (κ1) is 13.4. The largest absolute Gasteiger partial charge is 0.342 e. The highest BCUT2D eigenvalue weighted by atomic mass is 35.5. The maximum absolute atomic E-state index is 12.2. The fraction of sp³-hybridized carbons (Fsp3) is 0.533. The number of likely N-dealkylation sites (tertiary alicyclic amines) is 1. The average Bonchev–Trinajstić information content (AvgIpc) is 2.31. The number of carbonyl (C=O) groups excluding carboxylic acids is 1. The predicted octanol–water partition coefficient (Wildman–Crippen LogP) is 3.39. The quantitative estimate of drug-likeness (QED) is 0.803. The maximum Gasteiger partial charge on any atom is 0.227 e. The second-order valence-corrected chi connectivity index (χ2v) is 5.98. The van der Waals surface area contributed by atoms with E-state index in [0.717, 1.165) is 18.7 Å². The summed E-state index contributed by atoms with van der Waals surface area (Å²) in [5.74, 6) is 1.46. The van der Waals surface area contributed by atoms with Gasteiger partial charge in [0.2, 0.25) is 5.91 Å². The highest BCUT2D eigenvalue weighted by molar-refractivity contribution is 6.30. The molecule has 0 aliphatic carbocycles. The molecule has 0 saturated carbocycles. The summed E-state index contributed by atoms with van der Waals surface area (Å²) in [7, 11) is 0. The van der Waals surface area contributed by atoms with E-state index in [1.54, 1.807) is 0 Å². The molecule has 18 heavy (non-hydrogen) atoms. The van der Waals surface area contributed by atoms with Crippen molar-refractivity contribution in [1.82, 2.24) is 4.90 Å². The number of rotatable bonds is 2. The van der Waals surface area contributed by atoms with Crippen LogP contribution in [0.2, 0.25) is 5.02 Å². The molecular formula is C15H20ClNO. The SMILES string of the molecule is CC1CC(C)CN(C(=O)Cc2ccc(Cl)cc2)C1. The zero-order chi connectivity index (χ0) is 13.1. The smallest absolute Gasteiger partial charge is 0.227 e. The number of carbonyl (C=O) groups is 1. The molecule has 0 aromatic heterocycles. The lowest BCUT2D eigenvalue weighted by atomic mass is 9.91. The Hall–Kier alpha value is -1.02. The Bertz CT molecular complexity index is 405. The van der Waals surface area contributed by atoms with Crippen molar-refractivity contribution in [3.8, 4) is 0 Å². The number of hydrogen-bond donors (Lipinski definition) is 0. The zero-order valence-electron chi connectivity index (χ0n) is 11.0. The minimum absolute atomic E-state index is 0.232. The van der Waals surface area contributed by atoms with Crippen molar-refractivity contribution in [1.29, 1.82) is 0 Å². The molecular weight excluding hydrogens is 246 g/mol. The number of hydrogen-bond acceptors (Lipinski definition) is 1. The van der Waals surface area contributed by atoms with E-state index in [1.165, 1.54) is 6.42 Å². The first-order valence-electron chi connectivity index (χ1n) is 6.57. The molecule has 1 fully saturated rings. The van der Waals surface area contributed by atoms with Gasteiger partial charge < -0.3 is 4.90 Å². The fourth-order valence-electron chi connectivity index (χ4n) is 2.76. The Kier molecular flexibility index (Phi) is 4.28. The number of piperidine rings is 1. The van der Waals surface area contributed by atoms with Crippen LogP contribution < -0.4 is 0 Å². The molecule has 0 spiro atoms. The molecule has 2 rings (SSSR count). The van der Waals surface area contributed by atoms with Gasteiger partial charge >= 0.3 is 0 Å². The Labute approximate surface area is 114 Å². The molecule has 2 nitrogen and oxygen atoms in total. The van der Waals surface area contributed by atoms with Crippen molar-refractivity contribution >= 4 is 17.5 Å². The summed E-state index contributed by atoms with van der Waals surface area (Å²) in [6, 6.07) is 7.53. The van der Waals surface area contributed by atoms with E-state index in [1.807, 2.05) is 29.2 Å². The lowest BCUT2D eigenvalue weighted by Gasteiger charge is -2.35. The fourth-order valence-corrected chi connectivity index (χ4v) is 2.88. The molecule has 0 radical (unpaired) electrons. The Balaban J connectivity index is 1.97. The van der Waals surface area contributed by atoms with Crippen LogP contribution in [0.1, 0.15) is 25.8 Å². The molecule has 2 atom stereocenters. The Morgan fingerprint density at radius 1 is 1.22 bits per heavy atom. The van der Waals surface area contributed by atoms with E-state index in [4.69, 9.17) is 11.6 Å². The topological polar surface area (TPSA) is 20.3 Å². The van der Waals surface area contributed by atoms with Crippen LogP contribution in [0.3, 0.4) is 0 Å². The van der Waals surface area contributed by atoms with Crippen LogP contribution >= 0.6 is 11.6 Å². The predicted molar refractivity (Wildman–Crippen MR) is 74.7 cm³/mol. The summed E-state index contributed by atoms with van der Waals surface area (Å²) in [5, 5.41) is 0.714. The van der Waals surface area contributed by atoms with E-state index in [-0.39, 0.29) is 5.91 Å². The first-order valence-corrected chi connectivity index (χ1v) is 6.94. The minimum Gasteiger partial charge on any atom is -0.342 e. The van der Waals surface area contributed by atoms with Crippen LogP contribution in [-0.4, -0.2) is 23.9 Å². The van der Waals surface area contributed by atoms with Gasteiger partial charge in [-0.3, -0.25) is 4.79 Å². The second kappa shape index (κ2) is 5.75. The summed E-state index contributed by atoms with van der Waals surface area (Å²) in [5.41, 5.74) is 1.04. The Morgan fingerprint density at radius 3 is 2.33 bits per heavy atom. The van der Waals surface area contributed by atoms with E-state index < -0.39 is 0 Å². The van der Waals surface area contributed by atoms with E-state index in [0.29, 0.717) is 23.3 Å². The van der Waals surface area contributed by atoms with Gasteiger partial charge in [-0.15, -0.1) is 0 Å². The summed E-state index contributed by atoms with van der Waals surface area (Å²) in [4.78, 5) is 14.2. The molecule has 2 unspecified atom stereocenters. The van der Waals surface area contributed by atoms with Gasteiger partial charge in [0.1, 0.15) is 0 Å². The van der Waals surface area contributed by atoms with Gasteiger partial charge in [-0.05, 0) is 36.0 Å². The molecule has 0 bridgehead atoms. The molecule has 1 saturated heterocycles. The lowest BCUT2D eigenvalue weighted by Crippen LogP contribution is -2.43. The average molecular weight is 266 g/mol. The molecule has 0 N–H and O–H groups in total. The van der Waals surface area contributed by atoms with Crippen molar-refractivity contribution in [2.45, 2.75) is 26.7 Å². The van der Waals surface area contributed by atoms with Crippen molar-refractivity contribution in [3.05, 3.63) is 34.9 Å². The third-order valence-corrected chi connectivity index (χ3v) is 3.74. The first-order chi connectivity index (χ1) is 8.54. The van der Waals surface area contributed by atoms with E-state index in [2.05, 4.69) is 13.8 Å². The highest BCUT2D eigenvalue weighted by Gasteiger charge is 2.25. The number of nitrogens with zero attached hydrogens (tertiary/aromatic N) is 1.